The maximum atomic E-state index is 5.33. The number of thiocarbonyl (C=S) groups is 1. The van der Waals surface area contributed by atoms with Crippen LogP contribution in [0.5, 0.6) is 0 Å². The van der Waals surface area contributed by atoms with E-state index in [0.29, 0.717) is 12.0 Å². The van der Waals surface area contributed by atoms with E-state index in [1.165, 1.54) is 18.4 Å². The summed E-state index contributed by atoms with van der Waals surface area (Å²) in [5, 5.41) is 7.49. The summed E-state index contributed by atoms with van der Waals surface area (Å²) in [6.07, 6.45) is 6.01. The van der Waals surface area contributed by atoms with E-state index in [2.05, 4.69) is 51.3 Å². The molecule has 17 heavy (non-hydrogen) atoms. The van der Waals surface area contributed by atoms with Gasteiger partial charge in [-0.25, -0.2) is 0 Å². The molecule has 0 saturated carbocycles. The van der Waals surface area contributed by atoms with Crippen molar-refractivity contribution in [3.63, 3.8) is 0 Å². The molecule has 0 aromatic heterocycles. The molecule has 2 nitrogen and oxygen atoms in total. The number of nitrogens with one attached hydrogen (secondary N) is 2. The van der Waals surface area contributed by atoms with Gasteiger partial charge in [0.2, 0.25) is 0 Å². The van der Waals surface area contributed by atoms with E-state index in [1.54, 1.807) is 0 Å². The lowest BCUT2D eigenvalue weighted by Gasteiger charge is -2.38. The minimum absolute atomic E-state index is 0.0656. The summed E-state index contributed by atoms with van der Waals surface area (Å²) in [5.41, 5.74) is 1.59. The van der Waals surface area contributed by atoms with Crippen molar-refractivity contribution in [1.29, 1.82) is 0 Å². The molecule has 0 amide bonds. The van der Waals surface area contributed by atoms with Crippen molar-refractivity contribution in [3.05, 3.63) is 11.6 Å². The molecule has 1 atom stereocenters. The topological polar surface area (TPSA) is 24.1 Å². The molecule has 0 fully saturated rings. The van der Waals surface area contributed by atoms with Crippen LogP contribution >= 0.6 is 12.2 Å². The van der Waals surface area contributed by atoms with Gasteiger partial charge in [-0.3, -0.25) is 0 Å². The van der Waals surface area contributed by atoms with Gasteiger partial charge in [-0.2, -0.15) is 0 Å². The van der Waals surface area contributed by atoms with Crippen molar-refractivity contribution in [1.82, 2.24) is 10.6 Å². The van der Waals surface area contributed by atoms with Crippen molar-refractivity contribution in [2.24, 2.45) is 5.92 Å². The molecule has 1 rings (SSSR count). The Kier molecular flexibility index (Phi) is 4.99. The Bertz CT molecular complexity index is 305. The maximum Gasteiger partial charge on any atom is 0.166 e. The van der Waals surface area contributed by atoms with Gasteiger partial charge in [0.05, 0.1) is 0 Å². The van der Waals surface area contributed by atoms with Gasteiger partial charge in [-0.15, -0.1) is 0 Å². The zero-order valence-corrected chi connectivity index (χ0v) is 12.6. The first-order valence-corrected chi connectivity index (χ1v) is 6.96. The fourth-order valence-electron chi connectivity index (χ4n) is 2.31. The van der Waals surface area contributed by atoms with Crippen LogP contribution in [0.25, 0.3) is 0 Å². The molecule has 1 aliphatic rings. The molecule has 0 heterocycles. The van der Waals surface area contributed by atoms with Crippen LogP contribution in [0.15, 0.2) is 11.6 Å². The van der Waals surface area contributed by atoms with Crippen LogP contribution in [-0.4, -0.2) is 16.7 Å². The highest BCUT2D eigenvalue weighted by atomic mass is 32.1. The molecular weight excluding hydrogens is 228 g/mol. The molecular formula is C14H26N2S. The third kappa shape index (κ3) is 4.66. The number of allylic oxidation sites excluding steroid dienone is 2. The van der Waals surface area contributed by atoms with Crippen LogP contribution in [0.2, 0.25) is 0 Å². The van der Waals surface area contributed by atoms with Gasteiger partial charge >= 0.3 is 0 Å². The molecule has 1 aliphatic carbocycles. The van der Waals surface area contributed by atoms with Crippen LogP contribution in [0, 0.1) is 5.92 Å². The predicted molar refractivity (Wildman–Crippen MR) is 79.2 cm³/mol. The molecule has 0 unspecified atom stereocenters. The minimum Gasteiger partial charge on any atom is -0.361 e. The molecule has 0 aromatic rings. The standard InChI is InChI=1S/C14H26N2S/c1-10(2)15-13(17)16-14(4,5)12-8-6-11(3)7-9-12/h6,10,12H,7-9H2,1-5H3,(H2,15,16,17)/t12-/m0/s1. The van der Waals surface area contributed by atoms with E-state index in [-0.39, 0.29) is 5.54 Å². The number of rotatable bonds is 3. The Morgan fingerprint density at radius 2 is 2.12 bits per heavy atom. The van der Waals surface area contributed by atoms with Gasteiger partial charge in [0, 0.05) is 11.6 Å². The fraction of sp³-hybridized carbons (Fsp3) is 0.786. The lowest BCUT2D eigenvalue weighted by molar-refractivity contribution is 0.265. The normalized spacial score (nSPS) is 21.1. The largest absolute Gasteiger partial charge is 0.361 e. The summed E-state index contributed by atoms with van der Waals surface area (Å²) in [4.78, 5) is 0. The molecule has 2 N–H and O–H groups in total. The van der Waals surface area contributed by atoms with Gasteiger partial charge < -0.3 is 10.6 Å². The van der Waals surface area contributed by atoms with E-state index in [9.17, 15) is 0 Å². The average molecular weight is 254 g/mol. The maximum absolute atomic E-state index is 5.33. The third-order valence-electron chi connectivity index (χ3n) is 3.51. The van der Waals surface area contributed by atoms with E-state index in [0.717, 1.165) is 11.5 Å². The van der Waals surface area contributed by atoms with Gasteiger partial charge in [0.25, 0.3) is 0 Å². The van der Waals surface area contributed by atoms with Gasteiger partial charge in [0.1, 0.15) is 0 Å². The SMILES string of the molecule is CC1=CC[C@H](C(C)(C)NC(=S)NC(C)C)CC1. The summed E-state index contributed by atoms with van der Waals surface area (Å²) in [5.74, 6) is 0.665. The van der Waals surface area contributed by atoms with Crippen molar-refractivity contribution in [3.8, 4) is 0 Å². The first-order valence-electron chi connectivity index (χ1n) is 6.55. The molecule has 0 radical (unpaired) electrons. The molecule has 0 aromatic carbocycles. The zero-order chi connectivity index (χ0) is 13.1. The minimum atomic E-state index is 0.0656. The van der Waals surface area contributed by atoms with Gasteiger partial charge in [0.15, 0.2) is 5.11 Å². The Hall–Kier alpha value is -0.570. The summed E-state index contributed by atoms with van der Waals surface area (Å²) < 4.78 is 0. The molecule has 0 saturated heterocycles. The molecule has 0 spiro atoms. The van der Waals surface area contributed by atoms with E-state index in [4.69, 9.17) is 12.2 Å². The first kappa shape index (κ1) is 14.5. The molecule has 3 heteroatoms. The molecule has 0 aliphatic heterocycles. The second-order valence-corrected chi connectivity index (χ2v) is 6.40. The number of hydrogen-bond acceptors (Lipinski definition) is 1. The summed E-state index contributed by atoms with van der Waals surface area (Å²) in [6, 6.07) is 0.388. The lowest BCUT2D eigenvalue weighted by atomic mass is 9.77. The molecule has 98 valence electrons. The Morgan fingerprint density at radius 3 is 2.59 bits per heavy atom. The van der Waals surface area contributed by atoms with Crippen LogP contribution < -0.4 is 10.6 Å². The summed E-state index contributed by atoms with van der Waals surface area (Å²) >= 11 is 5.33. The summed E-state index contributed by atoms with van der Waals surface area (Å²) in [6.45, 7) is 10.9. The van der Waals surface area contributed by atoms with Gasteiger partial charge in [-0.05, 0) is 72.0 Å². The van der Waals surface area contributed by atoms with Crippen LogP contribution in [-0.2, 0) is 0 Å². The highest BCUT2D eigenvalue weighted by molar-refractivity contribution is 7.80. The quantitative estimate of drug-likeness (QED) is 0.596. The predicted octanol–water partition coefficient (Wildman–Crippen LogP) is 3.38. The highest BCUT2D eigenvalue weighted by Crippen LogP contribution is 2.31. The van der Waals surface area contributed by atoms with E-state index in [1.807, 2.05) is 0 Å². The van der Waals surface area contributed by atoms with Crippen molar-refractivity contribution in [2.45, 2.75) is 65.5 Å². The van der Waals surface area contributed by atoms with Crippen molar-refractivity contribution in [2.75, 3.05) is 0 Å². The Morgan fingerprint density at radius 1 is 1.47 bits per heavy atom. The van der Waals surface area contributed by atoms with Gasteiger partial charge in [-0.1, -0.05) is 11.6 Å². The first-order chi connectivity index (χ1) is 7.81. The summed E-state index contributed by atoms with van der Waals surface area (Å²) in [7, 11) is 0. The molecule has 0 bridgehead atoms. The number of hydrogen-bond donors (Lipinski definition) is 2. The third-order valence-corrected chi connectivity index (χ3v) is 3.73. The second-order valence-electron chi connectivity index (χ2n) is 6.00. The average Bonchev–Trinajstić information content (AvgIpc) is 2.15. The van der Waals surface area contributed by atoms with Crippen LogP contribution in [0.3, 0.4) is 0 Å². The fourth-order valence-corrected chi connectivity index (χ4v) is 2.81. The smallest absolute Gasteiger partial charge is 0.166 e. The van der Waals surface area contributed by atoms with Crippen molar-refractivity contribution >= 4 is 17.3 Å². The van der Waals surface area contributed by atoms with E-state index >= 15 is 0 Å². The van der Waals surface area contributed by atoms with Crippen LogP contribution in [0.4, 0.5) is 0 Å². The van der Waals surface area contributed by atoms with Crippen LogP contribution in [0.1, 0.15) is 53.9 Å². The van der Waals surface area contributed by atoms with Crippen molar-refractivity contribution < 1.29 is 0 Å². The highest BCUT2D eigenvalue weighted by Gasteiger charge is 2.30. The Balaban J connectivity index is 2.53. The lowest BCUT2D eigenvalue weighted by Crippen LogP contribution is -2.53. The zero-order valence-electron chi connectivity index (χ0n) is 11.8. The van der Waals surface area contributed by atoms with E-state index < -0.39 is 0 Å². The second kappa shape index (κ2) is 5.85. The Labute approximate surface area is 111 Å². The monoisotopic (exact) mass is 254 g/mol.